The normalized spacial score (nSPS) is 24.1. The summed E-state index contributed by atoms with van der Waals surface area (Å²) >= 11 is 0. The number of nitrogens with zero attached hydrogens (tertiary/aromatic N) is 2. The molecule has 0 radical (unpaired) electrons. The number of amides is 2. The zero-order valence-corrected chi connectivity index (χ0v) is 17.2. The fraction of sp³-hybridized carbons (Fsp3) is 0.667. The fourth-order valence-corrected chi connectivity index (χ4v) is 3.17. The van der Waals surface area contributed by atoms with Gasteiger partial charge in [0, 0.05) is 13.5 Å². The van der Waals surface area contributed by atoms with E-state index >= 15 is 0 Å². The first-order valence-corrected chi connectivity index (χ1v) is 9.83. The maximum absolute atomic E-state index is 14.5. The zero-order chi connectivity index (χ0) is 23.1. The highest BCUT2D eigenvalue weighted by molar-refractivity contribution is 5.94. The van der Waals surface area contributed by atoms with Gasteiger partial charge in [-0.25, -0.2) is 9.18 Å². The number of aliphatic hydroxyl groups is 3. The van der Waals surface area contributed by atoms with Gasteiger partial charge in [0.15, 0.2) is 17.9 Å². The number of halogens is 1. The smallest absolute Gasteiger partial charge is 0.351 e. The van der Waals surface area contributed by atoms with Crippen LogP contribution in [0.25, 0.3) is 0 Å². The Kier molecular flexibility index (Phi) is 9.00. The van der Waals surface area contributed by atoms with Crippen molar-refractivity contribution in [2.45, 2.75) is 56.8 Å². The number of hydrogen-bond donors (Lipinski definition) is 6. The highest BCUT2D eigenvalue weighted by atomic mass is 19.1. The highest BCUT2D eigenvalue weighted by Crippen LogP contribution is 2.28. The molecule has 1 fully saturated rings. The summed E-state index contributed by atoms with van der Waals surface area (Å²) < 4.78 is 20.3. The molecule has 31 heavy (non-hydrogen) atoms. The number of rotatable bonds is 10. The second-order valence-corrected chi connectivity index (χ2v) is 7.17. The van der Waals surface area contributed by atoms with Crippen LogP contribution in [0.15, 0.2) is 11.0 Å². The van der Waals surface area contributed by atoms with E-state index in [2.05, 4.69) is 20.9 Å². The van der Waals surface area contributed by atoms with E-state index in [4.69, 9.17) is 9.84 Å². The topological polar surface area (TPSA) is 175 Å². The molecule has 0 spiro atoms. The van der Waals surface area contributed by atoms with Crippen molar-refractivity contribution in [2.24, 2.45) is 0 Å². The SMILES string of the molecule is CNC(CCCCNC(C)=O)C(=O)Nc1nc(=O)n(C2OC(CO)C(O)C2O)cc1F. The maximum Gasteiger partial charge on any atom is 0.351 e. The van der Waals surface area contributed by atoms with Gasteiger partial charge in [0.2, 0.25) is 11.8 Å². The Balaban J connectivity index is 2.03. The Morgan fingerprint density at radius 1 is 1.32 bits per heavy atom. The molecule has 13 heteroatoms. The molecule has 0 bridgehead atoms. The molecular formula is C18H28FN5O7. The number of aliphatic hydroxyl groups excluding tert-OH is 3. The second kappa shape index (κ2) is 11.2. The van der Waals surface area contributed by atoms with Crippen molar-refractivity contribution in [3.8, 4) is 0 Å². The number of carbonyl (C=O) groups excluding carboxylic acids is 2. The number of nitrogens with one attached hydrogen (secondary N) is 3. The molecule has 2 heterocycles. The van der Waals surface area contributed by atoms with E-state index in [-0.39, 0.29) is 5.91 Å². The van der Waals surface area contributed by atoms with E-state index in [0.717, 1.165) is 0 Å². The van der Waals surface area contributed by atoms with Gasteiger partial charge < -0.3 is 36.0 Å². The molecular weight excluding hydrogens is 417 g/mol. The predicted octanol–water partition coefficient (Wildman–Crippen LogP) is -2.17. The average Bonchev–Trinajstić information content (AvgIpc) is 3.01. The van der Waals surface area contributed by atoms with Crippen LogP contribution in [0.5, 0.6) is 0 Å². The van der Waals surface area contributed by atoms with Gasteiger partial charge in [0.1, 0.15) is 18.3 Å². The molecule has 1 saturated heterocycles. The van der Waals surface area contributed by atoms with Crippen molar-refractivity contribution >= 4 is 17.6 Å². The first kappa shape index (κ1) is 24.8. The molecule has 1 aliphatic rings. The number of ether oxygens (including phenoxy) is 1. The van der Waals surface area contributed by atoms with Crippen molar-refractivity contribution in [3.05, 3.63) is 22.5 Å². The van der Waals surface area contributed by atoms with E-state index in [1.807, 2.05) is 0 Å². The Hall–Kier alpha value is -2.45. The number of carbonyl (C=O) groups is 2. The molecule has 1 aliphatic heterocycles. The molecule has 1 aromatic heterocycles. The Labute approximate surface area is 177 Å². The number of aromatic nitrogens is 2. The lowest BCUT2D eigenvalue weighted by atomic mass is 10.1. The van der Waals surface area contributed by atoms with Crippen molar-refractivity contribution in [2.75, 3.05) is 25.5 Å². The van der Waals surface area contributed by atoms with E-state index in [0.29, 0.717) is 36.6 Å². The lowest BCUT2D eigenvalue weighted by Gasteiger charge is -2.19. The highest BCUT2D eigenvalue weighted by Gasteiger charge is 2.44. The summed E-state index contributed by atoms with van der Waals surface area (Å²) in [7, 11) is 1.56. The molecule has 0 aliphatic carbocycles. The maximum atomic E-state index is 14.5. The van der Waals surface area contributed by atoms with Gasteiger partial charge in [-0.05, 0) is 26.3 Å². The van der Waals surface area contributed by atoms with Gasteiger partial charge in [-0.15, -0.1) is 0 Å². The predicted molar refractivity (Wildman–Crippen MR) is 105 cm³/mol. The average molecular weight is 445 g/mol. The van der Waals surface area contributed by atoms with E-state index < -0.39 is 60.4 Å². The summed E-state index contributed by atoms with van der Waals surface area (Å²) in [5.41, 5.74) is -1.03. The van der Waals surface area contributed by atoms with Crippen LogP contribution in [0.2, 0.25) is 0 Å². The molecule has 5 atom stereocenters. The Bertz CT molecular complexity index is 836. The van der Waals surface area contributed by atoms with E-state index in [9.17, 15) is 29.0 Å². The third kappa shape index (κ3) is 6.27. The van der Waals surface area contributed by atoms with Crippen molar-refractivity contribution < 1.29 is 34.0 Å². The minimum atomic E-state index is -1.58. The van der Waals surface area contributed by atoms with Crippen molar-refractivity contribution in [1.29, 1.82) is 0 Å². The van der Waals surface area contributed by atoms with Crippen LogP contribution in [0.3, 0.4) is 0 Å². The van der Waals surface area contributed by atoms with Crippen LogP contribution >= 0.6 is 0 Å². The minimum Gasteiger partial charge on any atom is -0.394 e. The first-order chi connectivity index (χ1) is 14.7. The van der Waals surface area contributed by atoms with Gasteiger partial charge in [-0.1, -0.05) is 0 Å². The van der Waals surface area contributed by atoms with Crippen LogP contribution in [0, 0.1) is 5.82 Å². The Morgan fingerprint density at radius 2 is 2.03 bits per heavy atom. The van der Waals surface area contributed by atoms with Crippen molar-refractivity contribution in [3.63, 3.8) is 0 Å². The lowest BCUT2D eigenvalue weighted by molar-refractivity contribution is -0.119. The van der Waals surface area contributed by atoms with E-state index in [1.165, 1.54) is 6.92 Å². The number of likely N-dealkylation sites (N-methyl/N-ethyl adjacent to an activating group) is 1. The third-order valence-corrected chi connectivity index (χ3v) is 4.90. The molecule has 5 unspecified atom stereocenters. The van der Waals surface area contributed by atoms with Crippen LogP contribution in [0.1, 0.15) is 32.4 Å². The van der Waals surface area contributed by atoms with Gasteiger partial charge >= 0.3 is 5.69 Å². The summed E-state index contributed by atoms with van der Waals surface area (Å²) in [6, 6.07) is -0.679. The Morgan fingerprint density at radius 3 is 2.61 bits per heavy atom. The standard InChI is InChI=1S/C18H28FN5O7/c1-9(26)21-6-4-3-5-11(20-2)16(29)22-15-10(19)7-24(18(30)23-15)17-14(28)13(27)12(8-25)31-17/h7,11-14,17,20,25,27-28H,3-6,8H2,1-2H3,(H,21,26)(H,22,23,29,30). The van der Waals surface area contributed by atoms with Gasteiger partial charge in [-0.3, -0.25) is 14.2 Å². The summed E-state index contributed by atoms with van der Waals surface area (Å²) in [5, 5.41) is 36.6. The van der Waals surface area contributed by atoms with Gasteiger partial charge in [0.25, 0.3) is 0 Å². The van der Waals surface area contributed by atoms with Crippen LogP contribution in [-0.2, 0) is 14.3 Å². The van der Waals surface area contributed by atoms with Crippen LogP contribution in [0.4, 0.5) is 10.2 Å². The molecule has 12 nitrogen and oxygen atoms in total. The monoisotopic (exact) mass is 445 g/mol. The largest absolute Gasteiger partial charge is 0.394 e. The van der Waals surface area contributed by atoms with Crippen LogP contribution < -0.4 is 21.6 Å². The number of unbranched alkanes of at least 4 members (excludes halogenated alkanes) is 1. The summed E-state index contributed by atoms with van der Waals surface area (Å²) in [6.45, 7) is 1.28. The molecule has 0 aromatic carbocycles. The second-order valence-electron chi connectivity index (χ2n) is 7.17. The first-order valence-electron chi connectivity index (χ1n) is 9.83. The zero-order valence-electron chi connectivity index (χ0n) is 17.2. The summed E-state index contributed by atoms with van der Waals surface area (Å²) in [5.74, 6) is -2.38. The lowest BCUT2D eigenvalue weighted by Crippen LogP contribution is -2.40. The quantitative estimate of drug-likeness (QED) is 0.219. The van der Waals surface area contributed by atoms with Gasteiger partial charge in [-0.2, -0.15) is 4.98 Å². The van der Waals surface area contributed by atoms with Crippen LogP contribution in [-0.4, -0.2) is 81.2 Å². The molecule has 6 N–H and O–H groups in total. The van der Waals surface area contributed by atoms with Gasteiger partial charge in [0.05, 0.1) is 18.8 Å². The molecule has 1 aromatic rings. The molecule has 2 amide bonds. The van der Waals surface area contributed by atoms with E-state index in [1.54, 1.807) is 7.05 Å². The number of anilines is 1. The number of hydrogen-bond acceptors (Lipinski definition) is 9. The summed E-state index contributed by atoms with van der Waals surface area (Å²) in [6.07, 6.45) is -3.26. The molecule has 2 rings (SSSR count). The third-order valence-electron chi connectivity index (χ3n) is 4.90. The summed E-state index contributed by atoms with van der Waals surface area (Å²) in [4.78, 5) is 39.0. The van der Waals surface area contributed by atoms with Crippen molar-refractivity contribution in [1.82, 2.24) is 20.2 Å². The fourth-order valence-electron chi connectivity index (χ4n) is 3.17. The minimum absolute atomic E-state index is 0.142. The molecule has 0 saturated carbocycles. The molecule has 174 valence electrons.